The molecule has 1 saturated heterocycles. The molecule has 2 bridgehead atoms. The van der Waals surface area contributed by atoms with Gasteiger partial charge in [-0.1, -0.05) is 73.2 Å². The molecule has 0 radical (unpaired) electrons. The molecule has 6 rings (SSSR count). The van der Waals surface area contributed by atoms with Crippen LogP contribution in [0.5, 0.6) is 5.75 Å². The summed E-state index contributed by atoms with van der Waals surface area (Å²) in [5.41, 5.74) is 6.14. The van der Waals surface area contributed by atoms with E-state index < -0.39 is 24.2 Å². The third kappa shape index (κ3) is 9.71. The van der Waals surface area contributed by atoms with Gasteiger partial charge in [0, 0.05) is 74.7 Å². The number of benzene rings is 2. The lowest BCUT2D eigenvalue weighted by molar-refractivity contribution is -0.183. The zero-order chi connectivity index (χ0) is 42.5. The minimum Gasteiger partial charge on any atom is -0.496 e. The number of carbonyl (C=O) groups is 1. The maximum Gasteiger partial charge on any atom is 0.240 e. The predicted octanol–water partition coefficient (Wildman–Crippen LogP) is 6.05. The highest BCUT2D eigenvalue weighted by Crippen LogP contribution is 2.61. The van der Waals surface area contributed by atoms with E-state index in [0.717, 1.165) is 92.4 Å². The van der Waals surface area contributed by atoms with Crippen molar-refractivity contribution in [2.45, 2.75) is 99.1 Å². The van der Waals surface area contributed by atoms with Crippen molar-refractivity contribution in [3.05, 3.63) is 54.1 Å². The second-order valence-electron chi connectivity index (χ2n) is 17.9. The molecule has 1 heterocycles. The molecule has 0 spiro atoms. The van der Waals surface area contributed by atoms with E-state index in [0.29, 0.717) is 28.9 Å². The molecule has 2 aromatic carbocycles. The Morgan fingerprint density at radius 2 is 1.66 bits per heavy atom. The highest BCUT2D eigenvalue weighted by molar-refractivity contribution is 5.83. The fourth-order valence-electron chi connectivity index (χ4n) is 10.2. The van der Waals surface area contributed by atoms with Crippen LogP contribution in [0.4, 0.5) is 5.69 Å². The summed E-state index contributed by atoms with van der Waals surface area (Å²) in [5.74, 6) is 1.42. The zero-order valence-electron chi connectivity index (χ0n) is 37.6. The van der Waals surface area contributed by atoms with E-state index in [9.17, 15) is 15.0 Å². The number of carbonyl (C=O) groups excluding carboxylic acids is 1. The average molecular weight is 805 g/mol. The van der Waals surface area contributed by atoms with Crippen LogP contribution in [0.3, 0.4) is 0 Å². The number of aliphatic hydroxyl groups is 2. The minimum absolute atomic E-state index is 0.0603. The third-order valence-electron chi connectivity index (χ3n) is 14.3. The Balaban J connectivity index is 1.46. The van der Waals surface area contributed by atoms with E-state index in [4.69, 9.17) is 16.2 Å². The highest BCUT2D eigenvalue weighted by atomic mass is 16.7. The molecule has 2 aromatic rings. The van der Waals surface area contributed by atoms with Crippen molar-refractivity contribution >= 4 is 17.3 Å². The van der Waals surface area contributed by atoms with Crippen LogP contribution < -0.4 is 15.0 Å². The van der Waals surface area contributed by atoms with E-state index in [1.807, 2.05) is 12.1 Å². The number of anilines is 1. The summed E-state index contributed by atoms with van der Waals surface area (Å²) < 4.78 is 6.22. The van der Waals surface area contributed by atoms with E-state index in [1.54, 1.807) is 19.1 Å². The van der Waals surface area contributed by atoms with Gasteiger partial charge in [0.25, 0.3) is 0 Å². The molecule has 0 aromatic heterocycles. The molecule has 4 aliphatic rings. The van der Waals surface area contributed by atoms with E-state index >= 15 is 0 Å². The summed E-state index contributed by atoms with van der Waals surface area (Å²) >= 11 is 0. The molecule has 4 fully saturated rings. The number of likely N-dealkylation sites (N-methyl/N-ethyl adjacent to an activating group) is 2. The summed E-state index contributed by atoms with van der Waals surface area (Å²) in [6.07, 6.45) is 0.572. The average Bonchev–Trinajstić information content (AvgIpc) is 3.59. The van der Waals surface area contributed by atoms with Crippen LogP contribution in [0.1, 0.15) is 79.4 Å². The number of aliphatic hydroxyl groups excluding tert-OH is 2. The van der Waals surface area contributed by atoms with Gasteiger partial charge >= 0.3 is 0 Å². The monoisotopic (exact) mass is 805 g/mol. The minimum atomic E-state index is -0.874. The van der Waals surface area contributed by atoms with E-state index in [2.05, 4.69) is 112 Å². The molecule has 11 nitrogen and oxygen atoms in total. The lowest BCUT2D eigenvalue weighted by atomic mass is 9.45. The first kappa shape index (κ1) is 45.9. The molecule has 1 aliphatic heterocycles. The van der Waals surface area contributed by atoms with Crippen molar-refractivity contribution in [2.75, 3.05) is 85.1 Å². The number of nitrogens with one attached hydrogen (secondary N) is 1. The van der Waals surface area contributed by atoms with Crippen LogP contribution in [-0.2, 0) is 16.2 Å². The van der Waals surface area contributed by atoms with Crippen molar-refractivity contribution in [3.8, 4) is 16.9 Å². The Bertz CT molecular complexity index is 1660. The number of para-hydroxylation sites is 1. The maximum absolute atomic E-state index is 14.4. The van der Waals surface area contributed by atoms with Crippen molar-refractivity contribution in [2.24, 2.45) is 29.1 Å². The van der Waals surface area contributed by atoms with E-state index in [1.165, 1.54) is 6.42 Å². The van der Waals surface area contributed by atoms with Crippen molar-refractivity contribution in [1.82, 2.24) is 25.1 Å². The van der Waals surface area contributed by atoms with Crippen LogP contribution in [0.2, 0.25) is 0 Å². The molecule has 3 saturated carbocycles. The number of nitrogens with zero attached hydrogens (tertiary/aromatic N) is 5. The second kappa shape index (κ2) is 19.9. The van der Waals surface area contributed by atoms with Crippen LogP contribution in [0.25, 0.3) is 16.8 Å². The molecule has 8 atom stereocenters. The number of hydrogen-bond donors (Lipinski definition) is 3. The number of hydroxylamine groups is 2. The molecule has 58 heavy (non-hydrogen) atoms. The first-order chi connectivity index (χ1) is 27.6. The Morgan fingerprint density at radius 1 is 1.02 bits per heavy atom. The number of hydrogen-bond acceptors (Lipinski definition) is 10. The molecule has 3 N–H and O–H groups in total. The molecule has 0 unspecified atom stereocenters. The normalized spacial score (nSPS) is 25.7. The Labute approximate surface area is 350 Å². The van der Waals surface area contributed by atoms with Crippen LogP contribution >= 0.6 is 0 Å². The number of ether oxygens (including phenoxy) is 1. The Kier molecular flexibility index (Phi) is 15.8. The van der Waals surface area contributed by atoms with Crippen LogP contribution in [-0.4, -0.2) is 140 Å². The molecule has 3 aliphatic carbocycles. The zero-order valence-corrected chi connectivity index (χ0v) is 37.6. The molecule has 324 valence electrons. The smallest absolute Gasteiger partial charge is 0.240 e. The number of amides is 1. The fourth-order valence-corrected chi connectivity index (χ4v) is 10.2. The van der Waals surface area contributed by atoms with Gasteiger partial charge in [-0.05, 0) is 98.4 Å². The standard InChI is InChI=1S/C47H76N6O5/c1-13-50(14-2)20-22-52(23-21-51(15-3)16-4)32(6)35-24-36(26-38(25-35)49(10)11)39-19-17-18-34(45(39)57-12)29-53-44(43(33(7)55)42(30-54)58-53)46(56)48-41-28-37-27-40(31(41)5)47(37,8)9/h17-19,24-26,31,33,37,40-44,54-55H,6,13-16,20-23,27-30H2,1-5,7-12H3,(H,48,56)/t31-,33-,37+,40-,41-,42-,43+,44-/m0/s1. The quantitative estimate of drug-likeness (QED) is 0.138. The summed E-state index contributed by atoms with van der Waals surface area (Å²) in [7, 11) is 5.80. The van der Waals surface area contributed by atoms with Gasteiger partial charge in [0.05, 0.1) is 26.4 Å². The molecular weight excluding hydrogens is 729 g/mol. The number of fused-ring (bicyclic) bond motifs is 2. The SMILES string of the molecule is C=C(c1cc(-c2cccc(CN3O[C@@H](CO)[C@@H]([C@H](C)O)[C@H]3C(=O)N[C@H]3C[C@H]4C[C@@H]([C@@H]3C)C4(C)C)c2OC)cc(N(C)C)c1)N(CCN(CC)CC)CCN(CC)CC. The summed E-state index contributed by atoms with van der Waals surface area (Å²) in [4.78, 5) is 30.2. The summed E-state index contributed by atoms with van der Waals surface area (Å²) in [5, 5.41) is 26.5. The fraction of sp³-hybridized carbons (Fsp3) is 0.681. The van der Waals surface area contributed by atoms with Crippen LogP contribution in [0, 0.1) is 29.1 Å². The second-order valence-corrected chi connectivity index (χ2v) is 17.9. The maximum atomic E-state index is 14.4. The van der Waals surface area contributed by atoms with Gasteiger partial charge in [0.1, 0.15) is 17.9 Å². The van der Waals surface area contributed by atoms with Crippen molar-refractivity contribution < 1.29 is 24.6 Å². The highest BCUT2D eigenvalue weighted by Gasteiger charge is 2.57. The van der Waals surface area contributed by atoms with E-state index in [-0.39, 0.29) is 25.1 Å². The van der Waals surface area contributed by atoms with Gasteiger partial charge in [-0.3, -0.25) is 9.63 Å². The Hall–Kier alpha value is -3.19. The molecule has 1 amide bonds. The first-order valence-corrected chi connectivity index (χ1v) is 22.0. The van der Waals surface area contributed by atoms with Gasteiger partial charge in [0.15, 0.2) is 0 Å². The van der Waals surface area contributed by atoms with Crippen LogP contribution in [0.15, 0.2) is 43.0 Å². The number of rotatable bonds is 21. The van der Waals surface area contributed by atoms with Gasteiger partial charge in [-0.15, -0.1) is 0 Å². The van der Waals surface area contributed by atoms with Gasteiger partial charge < -0.3 is 39.9 Å². The van der Waals surface area contributed by atoms with Crippen molar-refractivity contribution in [1.29, 1.82) is 0 Å². The summed E-state index contributed by atoms with van der Waals surface area (Å²) in [6, 6.07) is 12.0. The first-order valence-electron chi connectivity index (χ1n) is 22.0. The Morgan fingerprint density at radius 3 is 2.17 bits per heavy atom. The number of methoxy groups -OCH3 is 1. The lowest BCUT2D eigenvalue weighted by Crippen LogP contribution is -2.62. The molecule has 11 heteroatoms. The van der Waals surface area contributed by atoms with Gasteiger partial charge in [-0.2, -0.15) is 5.06 Å². The molecular formula is C47H76N6O5. The van der Waals surface area contributed by atoms with Gasteiger partial charge in [0.2, 0.25) is 5.91 Å². The third-order valence-corrected chi connectivity index (χ3v) is 14.3. The van der Waals surface area contributed by atoms with Gasteiger partial charge in [-0.25, -0.2) is 0 Å². The largest absolute Gasteiger partial charge is 0.496 e. The summed E-state index contributed by atoms with van der Waals surface area (Å²) in [6.45, 7) is 29.9. The topological polar surface area (TPSA) is 104 Å². The lowest BCUT2D eigenvalue weighted by Gasteiger charge is -2.62. The predicted molar refractivity (Wildman–Crippen MR) is 236 cm³/mol. The van der Waals surface area contributed by atoms with Crippen molar-refractivity contribution in [3.63, 3.8) is 0 Å².